The predicted octanol–water partition coefficient (Wildman–Crippen LogP) is -5.60. The van der Waals surface area contributed by atoms with Gasteiger partial charge in [0.15, 0.2) is 18.8 Å². The molecule has 14 unspecified atom stereocenters. The number of aliphatic imine (C=N–C) groups is 1. The summed E-state index contributed by atoms with van der Waals surface area (Å²) < 4.78 is 22.6. The molecule has 2 heterocycles. The van der Waals surface area contributed by atoms with Crippen LogP contribution in [0.4, 0.5) is 0 Å². The van der Waals surface area contributed by atoms with Gasteiger partial charge in [-0.25, -0.2) is 0 Å². The highest BCUT2D eigenvalue weighted by molar-refractivity contribution is 5.24. The lowest BCUT2D eigenvalue weighted by molar-refractivity contribution is -0.315. The van der Waals surface area contributed by atoms with Crippen molar-refractivity contribution in [3.63, 3.8) is 0 Å². The highest BCUT2D eigenvalue weighted by atomic mass is 16.7. The van der Waals surface area contributed by atoms with Crippen LogP contribution in [-0.4, -0.2) is 125 Å². The highest BCUT2D eigenvalue weighted by Crippen LogP contribution is 2.30. The van der Waals surface area contributed by atoms with Crippen LogP contribution in [0.25, 0.3) is 0 Å². The third-order valence-electron chi connectivity index (χ3n) is 6.23. The summed E-state index contributed by atoms with van der Waals surface area (Å²) in [7, 11) is 0. The largest absolute Gasteiger partial charge is 0.394 e. The van der Waals surface area contributed by atoms with Gasteiger partial charge in [0.05, 0.1) is 18.7 Å². The maximum Gasteiger partial charge on any atom is 0.186 e. The molecule has 0 radical (unpaired) electrons. The van der Waals surface area contributed by atoms with E-state index in [1.165, 1.54) is 0 Å². The Hall–Kier alpha value is -0.850. The first kappa shape index (κ1) is 25.8. The molecule has 32 heavy (non-hydrogen) atoms. The molecule has 0 aromatic rings. The van der Waals surface area contributed by atoms with Crippen molar-refractivity contribution >= 4 is 6.72 Å². The van der Waals surface area contributed by atoms with E-state index in [0.717, 1.165) is 0 Å². The van der Waals surface area contributed by atoms with Gasteiger partial charge in [0.2, 0.25) is 0 Å². The van der Waals surface area contributed by atoms with Crippen molar-refractivity contribution in [2.75, 3.05) is 6.61 Å². The van der Waals surface area contributed by atoms with Crippen LogP contribution in [0.15, 0.2) is 4.99 Å². The summed E-state index contributed by atoms with van der Waals surface area (Å²) in [6.07, 6.45) is -11.3. The fraction of sp³-hybridized carbons (Fsp3) is 0.944. The molecule has 0 spiro atoms. The van der Waals surface area contributed by atoms with Gasteiger partial charge in [0.1, 0.15) is 42.7 Å². The number of aliphatic hydroxyl groups excluding tert-OH is 5. The number of hydrogen-bond donors (Lipinski definition) is 9. The molecule has 2 aliphatic heterocycles. The first-order valence-corrected chi connectivity index (χ1v) is 10.5. The van der Waals surface area contributed by atoms with Gasteiger partial charge in [-0.05, 0) is 19.6 Å². The van der Waals surface area contributed by atoms with E-state index < -0.39 is 92.3 Å². The molecule has 0 aromatic heterocycles. The van der Waals surface area contributed by atoms with E-state index in [2.05, 4.69) is 11.7 Å². The summed E-state index contributed by atoms with van der Waals surface area (Å²) in [6, 6.07) is -3.33. The quantitative estimate of drug-likeness (QED) is 0.166. The van der Waals surface area contributed by atoms with Gasteiger partial charge in [-0.3, -0.25) is 4.99 Å². The Balaban J connectivity index is 1.71. The summed E-state index contributed by atoms with van der Waals surface area (Å²) in [5, 5.41) is 50.6. The molecule has 13 N–H and O–H groups in total. The lowest BCUT2D eigenvalue weighted by Gasteiger charge is -2.47. The minimum atomic E-state index is -1.45. The Labute approximate surface area is 185 Å². The number of hydrogen-bond acceptors (Lipinski definition) is 14. The molecule has 3 fully saturated rings. The normalized spacial score (nSPS) is 52.5. The molecule has 1 saturated carbocycles. The van der Waals surface area contributed by atoms with E-state index in [-0.39, 0.29) is 12.8 Å². The Morgan fingerprint density at radius 1 is 0.812 bits per heavy atom. The molecular formula is C18H35N5O9. The van der Waals surface area contributed by atoms with Crippen molar-refractivity contribution in [3.05, 3.63) is 0 Å². The minimum absolute atomic E-state index is 0.136. The summed E-state index contributed by atoms with van der Waals surface area (Å²) in [4.78, 5) is 3.69. The average Bonchev–Trinajstić information content (AvgIpc) is 2.75. The highest BCUT2D eigenvalue weighted by Gasteiger charge is 2.50. The van der Waals surface area contributed by atoms with Crippen LogP contribution in [0.5, 0.6) is 0 Å². The molecule has 2 saturated heterocycles. The third kappa shape index (κ3) is 5.12. The van der Waals surface area contributed by atoms with Gasteiger partial charge in [0.25, 0.3) is 0 Å². The van der Waals surface area contributed by atoms with E-state index in [1.807, 2.05) is 0 Å². The van der Waals surface area contributed by atoms with Gasteiger partial charge in [0, 0.05) is 12.1 Å². The summed E-state index contributed by atoms with van der Waals surface area (Å²) in [6.45, 7) is 2.81. The Morgan fingerprint density at radius 2 is 1.41 bits per heavy atom. The number of rotatable bonds is 6. The van der Waals surface area contributed by atoms with Crippen LogP contribution in [-0.2, 0) is 18.9 Å². The monoisotopic (exact) mass is 465 g/mol. The number of nitrogens with two attached hydrogens (primary N) is 4. The lowest BCUT2D eigenvalue weighted by Crippen LogP contribution is -2.68. The molecule has 0 bridgehead atoms. The van der Waals surface area contributed by atoms with Crippen molar-refractivity contribution in [2.45, 2.75) is 98.5 Å². The second-order valence-corrected chi connectivity index (χ2v) is 8.58. The molecule has 0 amide bonds. The van der Waals surface area contributed by atoms with Gasteiger partial charge in [-0.1, -0.05) is 0 Å². The molecule has 0 aromatic carbocycles. The fourth-order valence-electron chi connectivity index (χ4n) is 4.31. The number of nitrogens with zero attached hydrogens (tertiary/aromatic N) is 1. The average molecular weight is 466 g/mol. The fourth-order valence-corrected chi connectivity index (χ4v) is 4.31. The third-order valence-corrected chi connectivity index (χ3v) is 6.23. The second-order valence-electron chi connectivity index (χ2n) is 8.58. The zero-order chi connectivity index (χ0) is 23.7. The number of aliphatic hydroxyl groups is 5. The smallest absolute Gasteiger partial charge is 0.186 e. The summed E-state index contributed by atoms with van der Waals surface area (Å²) in [5.74, 6) is 0. The van der Waals surface area contributed by atoms with Crippen molar-refractivity contribution in [1.82, 2.24) is 0 Å². The zero-order valence-electron chi connectivity index (χ0n) is 17.5. The van der Waals surface area contributed by atoms with Gasteiger partial charge in [-0.15, -0.1) is 0 Å². The van der Waals surface area contributed by atoms with Crippen molar-refractivity contribution < 1.29 is 44.5 Å². The van der Waals surface area contributed by atoms with Crippen LogP contribution in [0, 0.1) is 0 Å². The maximum absolute atomic E-state index is 11.0. The molecule has 3 aliphatic rings. The van der Waals surface area contributed by atoms with Gasteiger partial charge in [-0.2, -0.15) is 0 Å². The topological polar surface area (TPSA) is 255 Å². The van der Waals surface area contributed by atoms with Crippen molar-refractivity contribution in [2.24, 2.45) is 27.9 Å². The first-order chi connectivity index (χ1) is 15.1. The van der Waals surface area contributed by atoms with Crippen LogP contribution < -0.4 is 22.9 Å². The zero-order valence-corrected chi connectivity index (χ0v) is 17.5. The minimum Gasteiger partial charge on any atom is -0.394 e. The van der Waals surface area contributed by atoms with E-state index in [9.17, 15) is 25.5 Å². The second kappa shape index (κ2) is 10.6. The Kier molecular flexibility index (Phi) is 8.54. The van der Waals surface area contributed by atoms with Crippen LogP contribution in [0.3, 0.4) is 0 Å². The predicted molar refractivity (Wildman–Crippen MR) is 109 cm³/mol. The molecule has 14 atom stereocenters. The lowest BCUT2D eigenvalue weighted by atomic mass is 9.84. The first-order valence-electron chi connectivity index (χ1n) is 10.5. The van der Waals surface area contributed by atoms with Crippen LogP contribution in [0.2, 0.25) is 0 Å². The van der Waals surface area contributed by atoms with E-state index in [4.69, 9.17) is 41.9 Å². The molecular weight excluding hydrogens is 430 g/mol. The van der Waals surface area contributed by atoms with Crippen molar-refractivity contribution in [1.29, 1.82) is 0 Å². The molecule has 1 aliphatic carbocycles. The molecule has 14 heteroatoms. The van der Waals surface area contributed by atoms with E-state index >= 15 is 0 Å². The molecule has 14 nitrogen and oxygen atoms in total. The molecule has 3 rings (SSSR count). The van der Waals surface area contributed by atoms with Crippen LogP contribution in [0.1, 0.15) is 12.8 Å². The van der Waals surface area contributed by atoms with E-state index in [1.54, 1.807) is 0 Å². The van der Waals surface area contributed by atoms with Gasteiger partial charge < -0.3 is 67.4 Å². The standard InChI is InChI=1S/C18H35N5O9/c1-23-16-8(25)3-7(21)17(32-16)30-14-5(19)2-6(20)15(13(14)28)31-18-12(27)10(22)11(26)9(4-24)29-18/h5-18,24-28H,1-4,19-22H2. The van der Waals surface area contributed by atoms with Crippen LogP contribution >= 0.6 is 0 Å². The summed E-state index contributed by atoms with van der Waals surface area (Å²) in [5.41, 5.74) is 24.1. The number of ether oxygens (including phenoxy) is 4. The Morgan fingerprint density at radius 3 is 1.97 bits per heavy atom. The molecule has 186 valence electrons. The Bertz CT molecular complexity index is 634. The summed E-state index contributed by atoms with van der Waals surface area (Å²) >= 11 is 0. The van der Waals surface area contributed by atoms with E-state index in [0.29, 0.717) is 0 Å². The van der Waals surface area contributed by atoms with Gasteiger partial charge >= 0.3 is 0 Å². The SMILES string of the molecule is C=NC1OC(OC2C(N)CC(N)C(OC3OC(CO)C(O)C(N)C3O)C2O)C(N)CC1O. The van der Waals surface area contributed by atoms with Crippen molar-refractivity contribution in [3.8, 4) is 0 Å². The maximum atomic E-state index is 11.0.